The summed E-state index contributed by atoms with van der Waals surface area (Å²) in [5.74, 6) is 0. The van der Waals surface area contributed by atoms with Crippen molar-refractivity contribution in [3.63, 3.8) is 0 Å². The van der Waals surface area contributed by atoms with Crippen molar-refractivity contribution >= 4 is 5.57 Å². The van der Waals surface area contributed by atoms with Gasteiger partial charge in [-0.2, -0.15) is 5.10 Å². The average Bonchev–Trinajstić information content (AvgIpc) is 2.50. The summed E-state index contributed by atoms with van der Waals surface area (Å²) >= 11 is 0. The third-order valence-electron chi connectivity index (χ3n) is 1.62. The zero-order valence-corrected chi connectivity index (χ0v) is 6.75. The van der Waals surface area contributed by atoms with E-state index >= 15 is 0 Å². The first-order chi connectivity index (χ1) is 5.29. The second-order valence-electron chi connectivity index (χ2n) is 2.34. The first kappa shape index (κ1) is 8.01. The van der Waals surface area contributed by atoms with E-state index in [2.05, 4.69) is 11.7 Å². The molecule has 2 N–H and O–H groups in total. The number of aryl methyl sites for hydroxylation is 1. The molecule has 0 fully saturated rings. The minimum Gasteiger partial charge on any atom is -0.326 e. The number of hydrogen-bond acceptors (Lipinski definition) is 2. The fraction of sp³-hybridized carbons (Fsp3) is 0.375. The van der Waals surface area contributed by atoms with Crippen LogP contribution >= 0.6 is 0 Å². The highest BCUT2D eigenvalue weighted by Crippen LogP contribution is 2.09. The van der Waals surface area contributed by atoms with E-state index in [9.17, 15) is 0 Å². The maximum absolute atomic E-state index is 5.45. The highest BCUT2D eigenvalue weighted by molar-refractivity contribution is 5.61. The van der Waals surface area contributed by atoms with Gasteiger partial charge in [-0.15, -0.1) is 0 Å². The Morgan fingerprint density at radius 3 is 3.09 bits per heavy atom. The van der Waals surface area contributed by atoms with Gasteiger partial charge in [0.2, 0.25) is 0 Å². The SMILES string of the molecule is C=C(CN)c1ccnn1CC. The Morgan fingerprint density at radius 1 is 1.82 bits per heavy atom. The van der Waals surface area contributed by atoms with Crippen LogP contribution in [0.4, 0.5) is 0 Å². The molecule has 0 amide bonds. The van der Waals surface area contributed by atoms with Crippen LogP contribution < -0.4 is 5.73 Å². The lowest BCUT2D eigenvalue weighted by molar-refractivity contribution is 0.650. The molecule has 3 nitrogen and oxygen atoms in total. The van der Waals surface area contributed by atoms with E-state index in [1.165, 1.54) is 0 Å². The molecular formula is C8H13N3. The molecule has 1 aromatic heterocycles. The van der Waals surface area contributed by atoms with Gasteiger partial charge in [-0.25, -0.2) is 0 Å². The van der Waals surface area contributed by atoms with Gasteiger partial charge in [0.25, 0.3) is 0 Å². The van der Waals surface area contributed by atoms with E-state index in [1.807, 2.05) is 17.7 Å². The van der Waals surface area contributed by atoms with E-state index in [0.29, 0.717) is 6.54 Å². The van der Waals surface area contributed by atoms with Crippen molar-refractivity contribution < 1.29 is 0 Å². The van der Waals surface area contributed by atoms with Gasteiger partial charge in [0.1, 0.15) is 0 Å². The third kappa shape index (κ3) is 1.49. The summed E-state index contributed by atoms with van der Waals surface area (Å²) < 4.78 is 1.88. The lowest BCUT2D eigenvalue weighted by Gasteiger charge is -2.04. The van der Waals surface area contributed by atoms with Crippen LogP contribution in [0.3, 0.4) is 0 Å². The Morgan fingerprint density at radius 2 is 2.55 bits per heavy atom. The maximum Gasteiger partial charge on any atom is 0.0648 e. The second kappa shape index (κ2) is 3.34. The summed E-state index contributed by atoms with van der Waals surface area (Å²) in [6.45, 7) is 7.23. The summed E-state index contributed by atoms with van der Waals surface area (Å²) in [7, 11) is 0. The van der Waals surface area contributed by atoms with Crippen LogP contribution in [-0.2, 0) is 6.54 Å². The molecule has 0 unspecified atom stereocenters. The zero-order chi connectivity index (χ0) is 8.27. The Labute approximate surface area is 66.5 Å². The van der Waals surface area contributed by atoms with Crippen LogP contribution in [0.2, 0.25) is 0 Å². The van der Waals surface area contributed by atoms with Crippen molar-refractivity contribution in [2.75, 3.05) is 6.54 Å². The molecule has 0 saturated carbocycles. The van der Waals surface area contributed by atoms with Crippen LogP contribution in [0.15, 0.2) is 18.8 Å². The van der Waals surface area contributed by atoms with Crippen LogP contribution in [0.5, 0.6) is 0 Å². The molecule has 11 heavy (non-hydrogen) atoms. The molecule has 0 atom stereocenters. The highest BCUT2D eigenvalue weighted by Gasteiger charge is 2.01. The van der Waals surface area contributed by atoms with Gasteiger partial charge in [-0.05, 0) is 18.6 Å². The Balaban J connectivity index is 2.92. The summed E-state index contributed by atoms with van der Waals surface area (Å²) in [5, 5.41) is 4.10. The van der Waals surface area contributed by atoms with Crippen molar-refractivity contribution in [3.05, 3.63) is 24.5 Å². The standard InChI is InChI=1S/C8H13N3/c1-3-11-8(4-5-10-11)7(2)6-9/h4-5H,2-3,6,9H2,1H3. The van der Waals surface area contributed by atoms with E-state index in [1.54, 1.807) is 6.20 Å². The largest absolute Gasteiger partial charge is 0.326 e. The minimum atomic E-state index is 0.492. The Hall–Kier alpha value is -1.09. The van der Waals surface area contributed by atoms with Gasteiger partial charge >= 0.3 is 0 Å². The second-order valence-corrected chi connectivity index (χ2v) is 2.34. The Kier molecular flexibility index (Phi) is 2.44. The molecular weight excluding hydrogens is 138 g/mol. The monoisotopic (exact) mass is 151 g/mol. The van der Waals surface area contributed by atoms with Crippen molar-refractivity contribution in [1.29, 1.82) is 0 Å². The first-order valence-electron chi connectivity index (χ1n) is 3.69. The number of hydrogen-bond donors (Lipinski definition) is 1. The smallest absolute Gasteiger partial charge is 0.0648 e. The Bertz CT molecular complexity index is 250. The van der Waals surface area contributed by atoms with E-state index in [4.69, 9.17) is 5.73 Å². The molecule has 0 spiro atoms. The number of rotatable bonds is 3. The predicted molar refractivity (Wildman–Crippen MR) is 46.0 cm³/mol. The summed E-state index contributed by atoms with van der Waals surface area (Å²) in [4.78, 5) is 0. The lowest BCUT2D eigenvalue weighted by Crippen LogP contribution is -2.07. The number of nitrogens with two attached hydrogens (primary N) is 1. The van der Waals surface area contributed by atoms with E-state index in [-0.39, 0.29) is 0 Å². The fourth-order valence-electron chi connectivity index (χ4n) is 0.990. The van der Waals surface area contributed by atoms with Gasteiger partial charge in [0, 0.05) is 19.3 Å². The minimum absolute atomic E-state index is 0.492. The summed E-state index contributed by atoms with van der Waals surface area (Å²) in [5.41, 5.74) is 7.42. The molecule has 1 heterocycles. The van der Waals surface area contributed by atoms with Crippen molar-refractivity contribution in [2.45, 2.75) is 13.5 Å². The topological polar surface area (TPSA) is 43.8 Å². The third-order valence-corrected chi connectivity index (χ3v) is 1.62. The van der Waals surface area contributed by atoms with Crippen molar-refractivity contribution in [3.8, 4) is 0 Å². The van der Waals surface area contributed by atoms with E-state index in [0.717, 1.165) is 17.8 Å². The molecule has 0 bridgehead atoms. The molecule has 0 aliphatic carbocycles. The fourth-order valence-corrected chi connectivity index (χ4v) is 0.990. The van der Waals surface area contributed by atoms with Crippen molar-refractivity contribution in [2.24, 2.45) is 5.73 Å². The molecule has 0 radical (unpaired) electrons. The number of nitrogens with zero attached hydrogens (tertiary/aromatic N) is 2. The lowest BCUT2D eigenvalue weighted by atomic mass is 10.2. The van der Waals surface area contributed by atoms with Gasteiger partial charge in [-0.1, -0.05) is 6.58 Å². The van der Waals surface area contributed by atoms with Gasteiger partial charge < -0.3 is 5.73 Å². The molecule has 1 aromatic rings. The molecule has 0 aliphatic rings. The van der Waals surface area contributed by atoms with Gasteiger partial charge in [0.15, 0.2) is 0 Å². The molecule has 60 valence electrons. The van der Waals surface area contributed by atoms with Gasteiger partial charge in [-0.3, -0.25) is 4.68 Å². The van der Waals surface area contributed by atoms with Crippen LogP contribution in [0.25, 0.3) is 5.57 Å². The first-order valence-corrected chi connectivity index (χ1v) is 3.69. The summed E-state index contributed by atoms with van der Waals surface area (Å²) in [6, 6.07) is 1.93. The van der Waals surface area contributed by atoms with Crippen LogP contribution in [-0.4, -0.2) is 16.3 Å². The molecule has 0 aromatic carbocycles. The normalized spacial score (nSPS) is 10.0. The van der Waals surface area contributed by atoms with Crippen LogP contribution in [0, 0.1) is 0 Å². The highest BCUT2D eigenvalue weighted by atomic mass is 15.3. The van der Waals surface area contributed by atoms with Gasteiger partial charge in [0.05, 0.1) is 5.69 Å². The predicted octanol–water partition coefficient (Wildman–Crippen LogP) is 0.875. The molecule has 0 aliphatic heterocycles. The molecule has 0 saturated heterocycles. The molecule has 3 heteroatoms. The van der Waals surface area contributed by atoms with Crippen LogP contribution in [0.1, 0.15) is 12.6 Å². The summed E-state index contributed by atoms with van der Waals surface area (Å²) in [6.07, 6.45) is 1.76. The quantitative estimate of drug-likeness (QED) is 0.696. The average molecular weight is 151 g/mol. The van der Waals surface area contributed by atoms with E-state index < -0.39 is 0 Å². The zero-order valence-electron chi connectivity index (χ0n) is 6.75. The van der Waals surface area contributed by atoms with Crippen molar-refractivity contribution in [1.82, 2.24) is 9.78 Å². The molecule has 1 rings (SSSR count). The number of aromatic nitrogens is 2. The maximum atomic E-state index is 5.45.